The van der Waals surface area contributed by atoms with Crippen LogP contribution in [0.5, 0.6) is 0 Å². The second kappa shape index (κ2) is 8.17. The molecule has 2 aromatic rings. The molecule has 0 spiro atoms. The van der Waals surface area contributed by atoms with Crippen molar-refractivity contribution in [2.24, 2.45) is 0 Å². The number of carbonyl (C=O) groups is 2. The Hall–Kier alpha value is -2.63. The summed E-state index contributed by atoms with van der Waals surface area (Å²) in [5.41, 5.74) is 0.238. The summed E-state index contributed by atoms with van der Waals surface area (Å²) >= 11 is 0. The highest BCUT2D eigenvalue weighted by atomic mass is 16.4. The van der Waals surface area contributed by atoms with Gasteiger partial charge in [-0.05, 0) is 31.7 Å². The quantitative estimate of drug-likeness (QED) is 0.755. The first-order valence-electron chi connectivity index (χ1n) is 9.06. The third-order valence-electron chi connectivity index (χ3n) is 5.07. The topological polar surface area (TPSA) is 84.2 Å². The minimum Gasteiger partial charge on any atom is -0.479 e. The molecule has 1 amide bonds. The Morgan fingerprint density at radius 3 is 2.31 bits per heavy atom. The van der Waals surface area contributed by atoms with Crippen molar-refractivity contribution in [3.63, 3.8) is 0 Å². The molecule has 140 valence electrons. The summed E-state index contributed by atoms with van der Waals surface area (Å²) in [4.78, 5) is 25.0. The molecule has 0 aliphatic rings. The Morgan fingerprint density at radius 2 is 1.81 bits per heavy atom. The Balaban J connectivity index is 2.39. The van der Waals surface area contributed by atoms with Gasteiger partial charge in [-0.3, -0.25) is 9.48 Å². The van der Waals surface area contributed by atoms with E-state index in [1.54, 1.807) is 31.2 Å². The van der Waals surface area contributed by atoms with Crippen molar-refractivity contribution in [2.75, 3.05) is 0 Å². The van der Waals surface area contributed by atoms with E-state index in [0.29, 0.717) is 11.1 Å². The second-order valence-electron chi connectivity index (χ2n) is 6.44. The van der Waals surface area contributed by atoms with Crippen molar-refractivity contribution in [1.29, 1.82) is 0 Å². The van der Waals surface area contributed by atoms with Gasteiger partial charge in [0.2, 0.25) is 0 Å². The summed E-state index contributed by atoms with van der Waals surface area (Å²) in [5.74, 6) is -1.50. The number of carboxylic acid groups (broad SMARTS) is 1. The smallest absolute Gasteiger partial charge is 0.334 e. The third-order valence-corrected chi connectivity index (χ3v) is 5.07. The average molecular weight is 357 g/mol. The maximum atomic E-state index is 12.9. The van der Waals surface area contributed by atoms with E-state index >= 15 is 0 Å². The van der Waals surface area contributed by atoms with E-state index in [9.17, 15) is 14.7 Å². The molecule has 0 bridgehead atoms. The van der Waals surface area contributed by atoms with E-state index in [1.165, 1.54) is 6.20 Å². The predicted octanol–water partition coefficient (Wildman–Crippen LogP) is 3.67. The molecule has 0 saturated heterocycles. The molecule has 1 unspecified atom stereocenters. The number of nitrogens with one attached hydrogen (secondary N) is 1. The van der Waals surface area contributed by atoms with Gasteiger partial charge in [0, 0.05) is 5.69 Å². The number of nitrogens with zero attached hydrogens (tertiary/aromatic N) is 2. The van der Waals surface area contributed by atoms with Crippen LogP contribution in [0.4, 0.5) is 0 Å². The van der Waals surface area contributed by atoms with Gasteiger partial charge in [-0.15, -0.1) is 0 Å². The largest absolute Gasteiger partial charge is 0.479 e. The molecular formula is C20H27N3O3. The Labute approximate surface area is 154 Å². The number of hydrogen-bond donors (Lipinski definition) is 2. The summed E-state index contributed by atoms with van der Waals surface area (Å²) in [7, 11) is 0. The highest BCUT2D eigenvalue weighted by Gasteiger charge is 2.40. The van der Waals surface area contributed by atoms with E-state index in [-0.39, 0.29) is 12.5 Å². The fourth-order valence-corrected chi connectivity index (χ4v) is 3.33. The zero-order valence-electron chi connectivity index (χ0n) is 15.8. The van der Waals surface area contributed by atoms with Gasteiger partial charge in [0.05, 0.1) is 17.8 Å². The van der Waals surface area contributed by atoms with Crippen LogP contribution in [0.2, 0.25) is 0 Å². The molecule has 0 aliphatic heterocycles. The summed E-state index contributed by atoms with van der Waals surface area (Å²) in [6.07, 6.45) is 3.59. The summed E-state index contributed by atoms with van der Waals surface area (Å²) in [6, 6.07) is 9.02. The van der Waals surface area contributed by atoms with Gasteiger partial charge in [-0.1, -0.05) is 51.1 Å². The maximum absolute atomic E-state index is 12.9. The molecule has 1 atom stereocenters. The van der Waals surface area contributed by atoms with Crippen LogP contribution in [0.1, 0.15) is 67.7 Å². The molecule has 26 heavy (non-hydrogen) atoms. The first kappa shape index (κ1) is 19.7. The van der Waals surface area contributed by atoms with Crippen molar-refractivity contribution in [3.05, 3.63) is 53.3 Å². The molecule has 2 N–H and O–H groups in total. The van der Waals surface area contributed by atoms with Crippen molar-refractivity contribution in [1.82, 2.24) is 15.1 Å². The SMILES string of the molecule is CCC(CC)n1ncc(C(=O)NC(CC)(C(=O)O)c2ccccc2)c1C. The van der Waals surface area contributed by atoms with Gasteiger partial charge >= 0.3 is 5.97 Å². The fraction of sp³-hybridized carbons (Fsp3) is 0.450. The third kappa shape index (κ3) is 3.49. The van der Waals surface area contributed by atoms with Gasteiger partial charge in [0.1, 0.15) is 0 Å². The first-order valence-corrected chi connectivity index (χ1v) is 9.06. The van der Waals surface area contributed by atoms with Crippen molar-refractivity contribution < 1.29 is 14.7 Å². The van der Waals surface area contributed by atoms with Crippen LogP contribution >= 0.6 is 0 Å². The molecule has 1 aromatic heterocycles. The second-order valence-corrected chi connectivity index (χ2v) is 6.44. The number of rotatable bonds is 8. The van der Waals surface area contributed by atoms with E-state index < -0.39 is 17.4 Å². The number of carboxylic acids is 1. The molecule has 6 heteroatoms. The minimum atomic E-state index is -1.47. The fourth-order valence-electron chi connectivity index (χ4n) is 3.33. The number of aromatic nitrogens is 2. The number of amides is 1. The van der Waals surface area contributed by atoms with Gasteiger partial charge in [0.15, 0.2) is 5.54 Å². The zero-order valence-corrected chi connectivity index (χ0v) is 15.8. The molecule has 0 fully saturated rings. The van der Waals surface area contributed by atoms with Crippen molar-refractivity contribution >= 4 is 11.9 Å². The molecule has 1 heterocycles. The van der Waals surface area contributed by atoms with E-state index in [0.717, 1.165) is 18.5 Å². The number of aliphatic carboxylic acids is 1. The normalized spacial score (nSPS) is 13.4. The number of hydrogen-bond acceptors (Lipinski definition) is 3. The lowest BCUT2D eigenvalue weighted by Crippen LogP contribution is -2.51. The summed E-state index contributed by atoms with van der Waals surface area (Å²) in [5, 5.41) is 17.0. The lowest BCUT2D eigenvalue weighted by molar-refractivity contribution is -0.145. The van der Waals surface area contributed by atoms with Crippen LogP contribution in [-0.2, 0) is 10.3 Å². The lowest BCUT2D eigenvalue weighted by atomic mass is 9.87. The molecular weight excluding hydrogens is 330 g/mol. The summed E-state index contributed by atoms with van der Waals surface area (Å²) in [6.45, 7) is 7.76. The molecule has 0 radical (unpaired) electrons. The van der Waals surface area contributed by atoms with Gasteiger partial charge < -0.3 is 10.4 Å². The summed E-state index contributed by atoms with van der Waals surface area (Å²) < 4.78 is 1.85. The maximum Gasteiger partial charge on any atom is 0.334 e. The predicted molar refractivity (Wildman–Crippen MR) is 100 cm³/mol. The lowest BCUT2D eigenvalue weighted by Gasteiger charge is -2.30. The highest BCUT2D eigenvalue weighted by Crippen LogP contribution is 2.27. The standard InChI is InChI=1S/C20H27N3O3/c1-5-16(6-2)23-14(4)17(13-21-23)18(24)22-20(7-3,19(25)26)15-11-9-8-10-12-15/h8-13,16H,5-7H2,1-4H3,(H,22,24)(H,25,26). The van der Waals surface area contributed by atoms with E-state index in [2.05, 4.69) is 24.3 Å². The molecule has 0 aliphatic carbocycles. The Morgan fingerprint density at radius 1 is 1.19 bits per heavy atom. The van der Waals surface area contributed by atoms with Gasteiger partial charge in [-0.25, -0.2) is 4.79 Å². The van der Waals surface area contributed by atoms with Crippen molar-refractivity contribution in [3.8, 4) is 0 Å². The van der Waals surface area contributed by atoms with Crippen LogP contribution in [0.15, 0.2) is 36.5 Å². The first-order chi connectivity index (χ1) is 12.4. The highest BCUT2D eigenvalue weighted by molar-refractivity contribution is 5.98. The van der Waals surface area contributed by atoms with Gasteiger partial charge in [-0.2, -0.15) is 5.10 Å². The van der Waals surface area contributed by atoms with Crippen LogP contribution in [0.3, 0.4) is 0 Å². The Kier molecular flexibility index (Phi) is 6.18. The molecule has 2 rings (SSSR count). The molecule has 6 nitrogen and oxygen atoms in total. The van der Waals surface area contributed by atoms with Crippen LogP contribution < -0.4 is 5.32 Å². The number of benzene rings is 1. The monoisotopic (exact) mass is 357 g/mol. The van der Waals surface area contributed by atoms with Crippen LogP contribution in [0, 0.1) is 6.92 Å². The molecule has 0 saturated carbocycles. The number of carbonyl (C=O) groups excluding carboxylic acids is 1. The van der Waals surface area contributed by atoms with Gasteiger partial charge in [0.25, 0.3) is 5.91 Å². The minimum absolute atomic E-state index is 0.223. The zero-order chi connectivity index (χ0) is 19.3. The van der Waals surface area contributed by atoms with Crippen LogP contribution in [0.25, 0.3) is 0 Å². The van der Waals surface area contributed by atoms with Crippen LogP contribution in [-0.4, -0.2) is 26.8 Å². The van der Waals surface area contributed by atoms with E-state index in [1.807, 2.05) is 17.7 Å². The average Bonchev–Trinajstić information content (AvgIpc) is 3.03. The van der Waals surface area contributed by atoms with E-state index in [4.69, 9.17) is 0 Å². The van der Waals surface area contributed by atoms with Crippen molar-refractivity contribution in [2.45, 2.75) is 58.5 Å². The Bertz CT molecular complexity index is 766. The molecule has 1 aromatic carbocycles.